The average molecular weight is 406 g/mol. The number of aryl methyl sites for hydroxylation is 1. The summed E-state index contributed by atoms with van der Waals surface area (Å²) in [5.74, 6) is 1.06. The Balaban J connectivity index is 2.20. The van der Waals surface area contributed by atoms with Gasteiger partial charge < -0.3 is 15.3 Å². The smallest absolute Gasteiger partial charge is 0.234 e. The quantitative estimate of drug-likeness (QED) is 0.382. The van der Waals surface area contributed by atoms with Crippen LogP contribution in [-0.4, -0.2) is 31.2 Å². The van der Waals surface area contributed by atoms with E-state index < -0.39 is 0 Å². The first-order valence-corrected chi connectivity index (χ1v) is 9.53. The molecular formula is C17H19N5OS3. The molecule has 1 amide bonds. The molecule has 2 aromatic heterocycles. The van der Waals surface area contributed by atoms with Crippen molar-refractivity contribution in [1.82, 2.24) is 19.5 Å². The second-order valence-corrected chi connectivity index (χ2v) is 7.39. The number of thiol groups is 1. The van der Waals surface area contributed by atoms with Gasteiger partial charge in [-0.3, -0.25) is 9.36 Å². The van der Waals surface area contributed by atoms with Gasteiger partial charge in [0.15, 0.2) is 10.4 Å². The van der Waals surface area contributed by atoms with E-state index in [-0.39, 0.29) is 17.6 Å². The Labute approximate surface area is 166 Å². The van der Waals surface area contributed by atoms with Crippen LogP contribution in [0.1, 0.15) is 31.2 Å². The zero-order valence-corrected chi connectivity index (χ0v) is 17.1. The number of nitrogens with one attached hydrogen (secondary N) is 3. The maximum Gasteiger partial charge on any atom is 0.234 e. The summed E-state index contributed by atoms with van der Waals surface area (Å²) in [6, 6.07) is 5.62. The van der Waals surface area contributed by atoms with Gasteiger partial charge in [-0.15, -0.1) is 0 Å². The zero-order chi connectivity index (χ0) is 19.0. The molecule has 1 aromatic carbocycles. The molecular weight excluding hydrogens is 386 g/mol. The molecule has 26 heavy (non-hydrogen) atoms. The van der Waals surface area contributed by atoms with Crippen molar-refractivity contribution in [1.29, 1.82) is 0 Å². The highest BCUT2D eigenvalue weighted by atomic mass is 32.1. The fourth-order valence-electron chi connectivity index (χ4n) is 2.70. The topological polar surface area (TPSA) is 78.5 Å². The van der Waals surface area contributed by atoms with Crippen molar-refractivity contribution in [3.8, 4) is 5.69 Å². The van der Waals surface area contributed by atoms with Crippen LogP contribution < -0.4 is 5.32 Å². The third kappa shape index (κ3) is 3.46. The van der Waals surface area contributed by atoms with Gasteiger partial charge in [0.1, 0.15) is 16.0 Å². The van der Waals surface area contributed by atoms with Crippen LogP contribution in [-0.2, 0) is 4.79 Å². The summed E-state index contributed by atoms with van der Waals surface area (Å²) in [6.07, 6.45) is 0. The van der Waals surface area contributed by atoms with E-state index in [9.17, 15) is 4.79 Å². The van der Waals surface area contributed by atoms with Gasteiger partial charge in [0.25, 0.3) is 0 Å². The van der Waals surface area contributed by atoms with E-state index >= 15 is 0 Å². The number of amides is 1. The SMILES string of the molecule is Cc1cc(NC(=O)CS)ccc1-n1c(=S)[nH]c(=S)c2[nH]c(C(C)C)nc21. The minimum absolute atomic E-state index is 0.132. The van der Waals surface area contributed by atoms with E-state index in [4.69, 9.17) is 29.4 Å². The number of nitrogens with zero attached hydrogens (tertiary/aromatic N) is 2. The van der Waals surface area contributed by atoms with Crippen LogP contribution in [0.2, 0.25) is 0 Å². The lowest BCUT2D eigenvalue weighted by Gasteiger charge is -2.13. The Hall–Kier alpha value is -1.97. The molecule has 0 unspecified atom stereocenters. The number of hydrogen-bond acceptors (Lipinski definition) is 5. The molecule has 3 N–H and O–H groups in total. The Morgan fingerprint density at radius 3 is 2.69 bits per heavy atom. The zero-order valence-electron chi connectivity index (χ0n) is 14.6. The molecule has 3 rings (SSSR count). The number of hydrogen-bond donors (Lipinski definition) is 4. The molecule has 6 nitrogen and oxygen atoms in total. The van der Waals surface area contributed by atoms with Crippen molar-refractivity contribution < 1.29 is 4.79 Å². The molecule has 0 aliphatic heterocycles. The third-order valence-corrected chi connectivity index (χ3v) is 4.86. The molecule has 0 bridgehead atoms. The maximum absolute atomic E-state index is 11.5. The number of H-pyrrole nitrogens is 2. The Morgan fingerprint density at radius 1 is 1.35 bits per heavy atom. The number of aromatic nitrogens is 4. The fraction of sp³-hybridized carbons (Fsp3) is 0.294. The summed E-state index contributed by atoms with van der Waals surface area (Å²) in [5.41, 5.74) is 3.97. The van der Waals surface area contributed by atoms with Crippen LogP contribution in [0.25, 0.3) is 16.9 Å². The van der Waals surface area contributed by atoms with Crippen LogP contribution in [0.3, 0.4) is 0 Å². The predicted octanol–water partition coefficient (Wildman–Crippen LogP) is 4.44. The summed E-state index contributed by atoms with van der Waals surface area (Å²) in [5, 5.41) is 2.79. The first-order chi connectivity index (χ1) is 12.3. The van der Waals surface area contributed by atoms with Gasteiger partial charge in [-0.05, 0) is 42.9 Å². The highest BCUT2D eigenvalue weighted by Gasteiger charge is 2.15. The van der Waals surface area contributed by atoms with E-state index in [0.717, 1.165) is 22.6 Å². The highest BCUT2D eigenvalue weighted by Crippen LogP contribution is 2.25. The Morgan fingerprint density at radius 2 is 2.08 bits per heavy atom. The fourth-order valence-corrected chi connectivity index (χ4v) is 3.36. The highest BCUT2D eigenvalue weighted by molar-refractivity contribution is 7.81. The van der Waals surface area contributed by atoms with Crippen molar-refractivity contribution >= 4 is 59.8 Å². The molecule has 0 aliphatic carbocycles. The van der Waals surface area contributed by atoms with Crippen molar-refractivity contribution in [2.75, 3.05) is 11.1 Å². The summed E-state index contributed by atoms with van der Waals surface area (Å²) in [6.45, 7) is 6.08. The number of carbonyl (C=O) groups is 1. The van der Waals surface area contributed by atoms with Gasteiger partial charge >= 0.3 is 0 Å². The molecule has 9 heteroatoms. The minimum atomic E-state index is -0.155. The number of aromatic amines is 2. The number of benzene rings is 1. The number of rotatable bonds is 4. The molecule has 2 heterocycles. The van der Waals surface area contributed by atoms with Crippen molar-refractivity contribution in [2.45, 2.75) is 26.7 Å². The van der Waals surface area contributed by atoms with Crippen LogP contribution >= 0.6 is 37.1 Å². The summed E-state index contributed by atoms with van der Waals surface area (Å²) in [4.78, 5) is 22.6. The van der Waals surface area contributed by atoms with Crippen LogP contribution in [0.15, 0.2) is 18.2 Å². The molecule has 0 spiro atoms. The van der Waals surface area contributed by atoms with E-state index in [1.54, 1.807) is 0 Å². The van der Waals surface area contributed by atoms with Crippen LogP contribution in [0, 0.1) is 16.3 Å². The van der Waals surface area contributed by atoms with Gasteiger partial charge in [0.05, 0.1) is 11.4 Å². The summed E-state index contributed by atoms with van der Waals surface area (Å²) >= 11 is 14.9. The normalized spacial score (nSPS) is 11.3. The molecule has 0 radical (unpaired) electrons. The number of imidazole rings is 1. The Kier molecular flexibility index (Phi) is 5.31. The molecule has 136 valence electrons. The standard InChI is InChI=1S/C17H19N5OS3/c1-8(2)14-19-13-15(20-14)22(17(26)21-16(13)25)11-5-4-10(6-9(11)3)18-12(23)7-24/h4-6,8,24H,7H2,1-3H3,(H,18,23)(H,19,20)(H,21,25,26). The molecule has 0 saturated heterocycles. The van der Waals surface area contributed by atoms with Gasteiger partial charge in [-0.1, -0.05) is 26.1 Å². The second kappa shape index (κ2) is 7.34. The second-order valence-electron chi connectivity index (χ2n) is 6.28. The molecule has 0 saturated carbocycles. The molecule has 3 aromatic rings. The lowest BCUT2D eigenvalue weighted by atomic mass is 10.1. The number of anilines is 1. The Bertz CT molecular complexity index is 1110. The summed E-state index contributed by atoms with van der Waals surface area (Å²) < 4.78 is 2.87. The van der Waals surface area contributed by atoms with Crippen molar-refractivity contribution in [2.24, 2.45) is 0 Å². The first-order valence-electron chi connectivity index (χ1n) is 8.08. The largest absolute Gasteiger partial charge is 0.338 e. The lowest BCUT2D eigenvalue weighted by molar-refractivity contribution is -0.113. The molecule has 0 atom stereocenters. The van der Waals surface area contributed by atoms with E-state index in [1.807, 2.05) is 29.7 Å². The average Bonchev–Trinajstić information content (AvgIpc) is 3.02. The number of fused-ring (bicyclic) bond motifs is 1. The minimum Gasteiger partial charge on any atom is -0.338 e. The molecule has 0 aliphatic rings. The molecule has 0 fully saturated rings. The van der Waals surface area contributed by atoms with E-state index in [1.165, 1.54) is 0 Å². The van der Waals surface area contributed by atoms with Gasteiger partial charge in [-0.25, -0.2) is 4.98 Å². The number of carbonyl (C=O) groups excluding carboxylic acids is 1. The maximum atomic E-state index is 11.5. The van der Waals surface area contributed by atoms with Crippen molar-refractivity contribution in [3.63, 3.8) is 0 Å². The van der Waals surface area contributed by atoms with Crippen molar-refractivity contribution in [3.05, 3.63) is 39.0 Å². The van der Waals surface area contributed by atoms with Gasteiger partial charge in [0.2, 0.25) is 5.91 Å². The van der Waals surface area contributed by atoms with Gasteiger partial charge in [-0.2, -0.15) is 12.6 Å². The monoisotopic (exact) mass is 405 g/mol. The first kappa shape index (κ1) is 18.8. The lowest BCUT2D eigenvalue weighted by Crippen LogP contribution is -2.13. The summed E-state index contributed by atoms with van der Waals surface area (Å²) in [7, 11) is 0. The van der Waals surface area contributed by atoms with E-state index in [0.29, 0.717) is 20.7 Å². The predicted molar refractivity (Wildman–Crippen MR) is 113 cm³/mol. The third-order valence-electron chi connectivity index (χ3n) is 3.98. The van der Waals surface area contributed by atoms with Gasteiger partial charge in [0, 0.05) is 11.6 Å². The van der Waals surface area contributed by atoms with Crippen LogP contribution in [0.4, 0.5) is 5.69 Å². The van der Waals surface area contributed by atoms with E-state index in [2.05, 4.69) is 41.8 Å². The van der Waals surface area contributed by atoms with Crippen LogP contribution in [0.5, 0.6) is 0 Å².